The number of nitrogens with zero attached hydrogens (tertiary/aromatic N) is 3. The molecule has 0 saturated carbocycles. The average Bonchev–Trinajstić information content (AvgIpc) is 3.29. The van der Waals surface area contributed by atoms with Gasteiger partial charge in [-0.1, -0.05) is 35.5 Å². The van der Waals surface area contributed by atoms with Crippen LogP contribution in [0.1, 0.15) is 51.5 Å². The predicted octanol–water partition coefficient (Wildman–Crippen LogP) is 5.66. The van der Waals surface area contributed by atoms with E-state index in [4.69, 9.17) is 4.52 Å². The van der Waals surface area contributed by atoms with E-state index in [9.17, 15) is 18.0 Å². The molecule has 0 unspecified atom stereocenters. The molecule has 1 aliphatic heterocycles. The van der Waals surface area contributed by atoms with Crippen LogP contribution in [0.5, 0.6) is 0 Å². The monoisotopic (exact) mass is 457 g/mol. The number of rotatable bonds is 5. The van der Waals surface area contributed by atoms with Gasteiger partial charge >= 0.3 is 6.18 Å². The highest BCUT2D eigenvalue weighted by Crippen LogP contribution is 2.33. The number of anilines is 1. The fourth-order valence-electron chi connectivity index (χ4n) is 4.26. The Morgan fingerprint density at radius 2 is 1.82 bits per heavy atom. The summed E-state index contributed by atoms with van der Waals surface area (Å²) < 4.78 is 44.5. The third-order valence-electron chi connectivity index (χ3n) is 6.13. The summed E-state index contributed by atoms with van der Waals surface area (Å²) in [7, 11) is 1.95. The zero-order valence-corrected chi connectivity index (χ0v) is 18.6. The summed E-state index contributed by atoms with van der Waals surface area (Å²) in [4.78, 5) is 16.5. The topological polar surface area (TPSA) is 49.6 Å². The molecule has 0 radical (unpaired) electrons. The zero-order chi connectivity index (χ0) is 23.6. The Morgan fingerprint density at radius 3 is 2.45 bits per heavy atom. The summed E-state index contributed by atoms with van der Waals surface area (Å²) in [5, 5.41) is 4.25. The van der Waals surface area contributed by atoms with Crippen molar-refractivity contribution in [1.82, 2.24) is 10.1 Å². The molecule has 2 heterocycles. The summed E-state index contributed by atoms with van der Waals surface area (Å²) in [6, 6.07) is 15.6. The number of aryl methyl sites for hydroxylation is 1. The van der Waals surface area contributed by atoms with E-state index in [2.05, 4.69) is 17.3 Å². The number of alkyl halides is 3. The van der Waals surface area contributed by atoms with Gasteiger partial charge in [-0.25, -0.2) is 0 Å². The molecule has 1 saturated heterocycles. The van der Waals surface area contributed by atoms with E-state index in [1.807, 2.05) is 36.2 Å². The quantitative estimate of drug-likeness (QED) is 0.496. The van der Waals surface area contributed by atoms with Crippen LogP contribution in [0, 0.1) is 6.92 Å². The number of carbonyl (C=O) groups excluding carboxylic acids is 1. The van der Waals surface area contributed by atoms with Gasteiger partial charge in [-0.2, -0.15) is 13.2 Å². The van der Waals surface area contributed by atoms with Crippen LogP contribution in [0.2, 0.25) is 0 Å². The van der Waals surface area contributed by atoms with Gasteiger partial charge in [0.05, 0.1) is 11.3 Å². The fraction of sp³-hybridized carbons (Fsp3) is 0.360. The van der Waals surface area contributed by atoms with E-state index < -0.39 is 11.7 Å². The van der Waals surface area contributed by atoms with Crippen LogP contribution in [0.15, 0.2) is 59.1 Å². The number of amides is 1. The van der Waals surface area contributed by atoms with E-state index in [0.29, 0.717) is 25.5 Å². The molecule has 0 spiro atoms. The minimum atomic E-state index is -4.42. The fourth-order valence-corrected chi connectivity index (χ4v) is 4.26. The Bertz CT molecular complexity index is 1100. The second-order valence-electron chi connectivity index (χ2n) is 8.53. The van der Waals surface area contributed by atoms with Crippen molar-refractivity contribution in [2.24, 2.45) is 0 Å². The second kappa shape index (κ2) is 9.29. The third kappa shape index (κ3) is 5.21. The molecule has 0 atom stereocenters. The second-order valence-corrected chi connectivity index (χ2v) is 8.53. The lowest BCUT2D eigenvalue weighted by molar-refractivity contribution is -0.138. The van der Waals surface area contributed by atoms with Gasteiger partial charge in [0.1, 0.15) is 0 Å². The van der Waals surface area contributed by atoms with E-state index in [-0.39, 0.29) is 23.0 Å². The summed E-state index contributed by atoms with van der Waals surface area (Å²) in [5.74, 6) is 0.618. The standard InChI is InChI=1S/C25H26F3N3O2/c1-17-14-20(8-9-21(17)25(26,27)28)24(32)31-12-10-19(11-13-31)22-15-23(33-29-22)30(2)16-18-6-4-3-5-7-18/h3-9,14-15,19H,10-13,16H2,1-2H3. The number of likely N-dealkylation sites (tertiary alicyclic amines) is 1. The smallest absolute Gasteiger partial charge is 0.339 e. The van der Waals surface area contributed by atoms with Crippen molar-refractivity contribution in [3.63, 3.8) is 0 Å². The summed E-state index contributed by atoms with van der Waals surface area (Å²) in [6.07, 6.45) is -2.98. The molecule has 8 heteroatoms. The first-order valence-corrected chi connectivity index (χ1v) is 10.9. The summed E-state index contributed by atoms with van der Waals surface area (Å²) in [5.41, 5.74) is 1.66. The molecule has 174 valence electrons. The molecule has 1 fully saturated rings. The van der Waals surface area contributed by atoms with Crippen LogP contribution in [-0.2, 0) is 12.7 Å². The maximum atomic E-state index is 13.0. The number of piperidine rings is 1. The highest BCUT2D eigenvalue weighted by atomic mass is 19.4. The SMILES string of the molecule is Cc1cc(C(=O)N2CCC(c3cc(N(C)Cc4ccccc4)on3)CC2)ccc1C(F)(F)F. The Labute approximate surface area is 190 Å². The third-order valence-corrected chi connectivity index (χ3v) is 6.13. The number of aromatic nitrogens is 1. The molecule has 33 heavy (non-hydrogen) atoms. The molecule has 1 aliphatic rings. The first kappa shape index (κ1) is 22.9. The maximum absolute atomic E-state index is 13.0. The van der Waals surface area contributed by atoms with Crippen molar-refractivity contribution in [2.75, 3.05) is 25.0 Å². The largest absolute Gasteiger partial charge is 0.416 e. The molecule has 4 rings (SSSR count). The lowest BCUT2D eigenvalue weighted by atomic mass is 9.93. The summed E-state index contributed by atoms with van der Waals surface area (Å²) >= 11 is 0. The van der Waals surface area contributed by atoms with Crippen LogP contribution >= 0.6 is 0 Å². The molecule has 1 amide bonds. The van der Waals surface area contributed by atoms with E-state index in [1.54, 1.807) is 4.90 Å². The first-order chi connectivity index (χ1) is 15.7. The number of hydrogen-bond acceptors (Lipinski definition) is 4. The van der Waals surface area contributed by atoms with Crippen molar-refractivity contribution in [1.29, 1.82) is 0 Å². The van der Waals surface area contributed by atoms with Gasteiger partial charge in [0.2, 0.25) is 5.88 Å². The molecule has 0 aliphatic carbocycles. The number of hydrogen-bond donors (Lipinski definition) is 0. The van der Waals surface area contributed by atoms with Crippen LogP contribution in [-0.4, -0.2) is 36.1 Å². The lowest BCUT2D eigenvalue weighted by Gasteiger charge is -2.31. The Morgan fingerprint density at radius 1 is 1.12 bits per heavy atom. The number of benzene rings is 2. The van der Waals surface area contributed by atoms with Crippen molar-refractivity contribution >= 4 is 11.8 Å². The molecular weight excluding hydrogens is 431 g/mol. The van der Waals surface area contributed by atoms with Gasteiger partial charge in [0.25, 0.3) is 5.91 Å². The van der Waals surface area contributed by atoms with E-state index >= 15 is 0 Å². The van der Waals surface area contributed by atoms with E-state index in [1.165, 1.54) is 24.6 Å². The zero-order valence-electron chi connectivity index (χ0n) is 18.6. The number of halogens is 3. The predicted molar refractivity (Wildman–Crippen MR) is 119 cm³/mol. The minimum absolute atomic E-state index is 0.0537. The van der Waals surface area contributed by atoms with Gasteiger partial charge in [-0.05, 0) is 49.1 Å². The van der Waals surface area contributed by atoms with Gasteiger partial charge in [0.15, 0.2) is 0 Å². The molecule has 0 N–H and O–H groups in total. The first-order valence-electron chi connectivity index (χ1n) is 10.9. The average molecular weight is 457 g/mol. The molecule has 5 nitrogen and oxygen atoms in total. The van der Waals surface area contributed by atoms with Crippen LogP contribution < -0.4 is 4.90 Å². The molecule has 2 aromatic carbocycles. The van der Waals surface area contributed by atoms with Gasteiger partial charge in [0, 0.05) is 44.2 Å². The van der Waals surface area contributed by atoms with Gasteiger partial charge in [-0.3, -0.25) is 4.79 Å². The highest BCUT2D eigenvalue weighted by molar-refractivity contribution is 5.94. The van der Waals surface area contributed by atoms with Crippen molar-refractivity contribution in [3.05, 3.63) is 82.5 Å². The Hall–Kier alpha value is -3.29. The van der Waals surface area contributed by atoms with Crippen molar-refractivity contribution < 1.29 is 22.5 Å². The minimum Gasteiger partial charge on any atom is -0.339 e. The Balaban J connectivity index is 1.35. The molecule has 0 bridgehead atoms. The maximum Gasteiger partial charge on any atom is 0.416 e. The van der Waals surface area contributed by atoms with Gasteiger partial charge in [-0.15, -0.1) is 0 Å². The van der Waals surface area contributed by atoms with Crippen LogP contribution in [0.4, 0.5) is 19.1 Å². The van der Waals surface area contributed by atoms with Crippen molar-refractivity contribution in [3.8, 4) is 0 Å². The Kier molecular flexibility index (Phi) is 6.44. The molecular formula is C25H26F3N3O2. The number of carbonyl (C=O) groups is 1. The van der Waals surface area contributed by atoms with Crippen molar-refractivity contribution in [2.45, 2.75) is 38.4 Å². The van der Waals surface area contributed by atoms with E-state index in [0.717, 1.165) is 24.6 Å². The molecule has 1 aromatic heterocycles. The van der Waals surface area contributed by atoms with Crippen LogP contribution in [0.3, 0.4) is 0 Å². The summed E-state index contributed by atoms with van der Waals surface area (Å²) in [6.45, 7) is 3.12. The normalized spacial score (nSPS) is 15.0. The molecule has 3 aromatic rings. The highest BCUT2D eigenvalue weighted by Gasteiger charge is 2.33. The van der Waals surface area contributed by atoms with Crippen LogP contribution in [0.25, 0.3) is 0 Å². The lowest BCUT2D eigenvalue weighted by Crippen LogP contribution is -2.38. The van der Waals surface area contributed by atoms with Gasteiger partial charge < -0.3 is 14.3 Å².